The second-order valence-corrected chi connectivity index (χ2v) is 9.87. The highest BCUT2D eigenvalue weighted by molar-refractivity contribution is 7.23. The third-order valence-corrected chi connectivity index (χ3v) is 7.80. The Morgan fingerprint density at radius 3 is 2.82 bits per heavy atom. The molecule has 164 valence electrons. The van der Waals surface area contributed by atoms with Gasteiger partial charge in [0.1, 0.15) is 32.9 Å². The minimum Gasteiger partial charge on any atom is -0.494 e. The van der Waals surface area contributed by atoms with E-state index in [0.29, 0.717) is 32.4 Å². The number of benzene rings is 1. The van der Waals surface area contributed by atoms with E-state index < -0.39 is 5.91 Å². The third kappa shape index (κ3) is 3.64. The van der Waals surface area contributed by atoms with E-state index in [2.05, 4.69) is 21.4 Å². The summed E-state index contributed by atoms with van der Waals surface area (Å²) in [6.07, 6.45) is 0. The van der Waals surface area contributed by atoms with Gasteiger partial charge in [-0.25, -0.2) is 9.97 Å². The molecule has 33 heavy (non-hydrogen) atoms. The number of fused-ring (bicyclic) bond motifs is 2. The molecule has 5 N–H and O–H groups in total. The fourth-order valence-corrected chi connectivity index (χ4v) is 6.17. The predicted molar refractivity (Wildman–Crippen MR) is 135 cm³/mol. The van der Waals surface area contributed by atoms with E-state index in [1.807, 2.05) is 42.6 Å². The maximum absolute atomic E-state index is 13.1. The standard InChI is InChI=1S/C22H16N6O2S3/c1-2-30-10-5-6-12-14(8-10)32-22(26-12)28-20(29)18-17(24)16-15(13-4-3-7-31-13)11(9-23)19(25)27-21(16)33-18/h3-8H,2,24H2,1H3,(H2,25,27)(H,26,28,29). The van der Waals surface area contributed by atoms with Crippen molar-refractivity contribution in [2.45, 2.75) is 6.92 Å². The molecular weight excluding hydrogens is 476 g/mol. The van der Waals surface area contributed by atoms with Crippen LogP contribution in [0.3, 0.4) is 0 Å². The van der Waals surface area contributed by atoms with Gasteiger partial charge in [-0.1, -0.05) is 17.4 Å². The monoisotopic (exact) mass is 492 g/mol. The number of anilines is 3. The summed E-state index contributed by atoms with van der Waals surface area (Å²) in [6, 6.07) is 11.5. The number of thiophene rings is 2. The zero-order chi connectivity index (χ0) is 23.1. The van der Waals surface area contributed by atoms with Crippen LogP contribution in [0.1, 0.15) is 22.2 Å². The molecular formula is C22H16N6O2S3. The highest BCUT2D eigenvalue weighted by Gasteiger charge is 2.25. The van der Waals surface area contributed by atoms with Gasteiger partial charge in [-0.3, -0.25) is 10.1 Å². The number of hydrogen-bond acceptors (Lipinski definition) is 10. The fourth-order valence-electron chi connectivity index (χ4n) is 3.49. The van der Waals surface area contributed by atoms with Gasteiger partial charge in [-0.15, -0.1) is 22.7 Å². The molecule has 5 rings (SSSR count). The minimum absolute atomic E-state index is 0.109. The molecule has 1 aromatic carbocycles. The molecule has 5 aromatic rings. The molecule has 0 radical (unpaired) electrons. The van der Waals surface area contributed by atoms with Crippen LogP contribution in [-0.4, -0.2) is 22.5 Å². The van der Waals surface area contributed by atoms with Crippen molar-refractivity contribution in [3.63, 3.8) is 0 Å². The lowest BCUT2D eigenvalue weighted by Crippen LogP contribution is -2.11. The summed E-state index contributed by atoms with van der Waals surface area (Å²) in [6.45, 7) is 2.49. The number of hydrogen-bond donors (Lipinski definition) is 3. The first kappa shape index (κ1) is 21.1. The normalized spacial score (nSPS) is 11.0. The number of thiazole rings is 1. The number of nitriles is 1. The van der Waals surface area contributed by atoms with Gasteiger partial charge in [0.25, 0.3) is 5.91 Å². The second-order valence-electron chi connectivity index (χ2n) is 6.90. The zero-order valence-electron chi connectivity index (χ0n) is 17.2. The molecule has 0 saturated carbocycles. The molecule has 0 aliphatic heterocycles. The van der Waals surface area contributed by atoms with Crippen LogP contribution >= 0.6 is 34.0 Å². The highest BCUT2D eigenvalue weighted by atomic mass is 32.1. The topological polar surface area (TPSA) is 140 Å². The molecule has 4 heterocycles. The Bertz CT molecular complexity index is 1560. The molecule has 0 spiro atoms. The lowest BCUT2D eigenvalue weighted by Gasteiger charge is -2.07. The van der Waals surface area contributed by atoms with E-state index in [0.717, 1.165) is 32.2 Å². The van der Waals surface area contributed by atoms with Gasteiger partial charge in [-0.05, 0) is 36.6 Å². The van der Waals surface area contributed by atoms with Crippen molar-refractivity contribution in [3.8, 4) is 22.3 Å². The van der Waals surface area contributed by atoms with E-state index in [1.165, 1.54) is 22.7 Å². The van der Waals surface area contributed by atoms with Gasteiger partial charge >= 0.3 is 0 Å². The molecule has 0 aliphatic carbocycles. The molecule has 0 aliphatic rings. The number of carbonyl (C=O) groups excluding carboxylic acids is 1. The van der Waals surface area contributed by atoms with Crippen molar-refractivity contribution in [3.05, 3.63) is 46.2 Å². The van der Waals surface area contributed by atoms with E-state index >= 15 is 0 Å². The van der Waals surface area contributed by atoms with Crippen molar-refractivity contribution in [1.29, 1.82) is 5.26 Å². The SMILES string of the molecule is CCOc1ccc2nc(NC(=O)c3sc4nc(N)c(C#N)c(-c5cccs5)c4c3N)sc2c1. The Labute approximate surface area is 200 Å². The fraction of sp³-hybridized carbons (Fsp3) is 0.0909. The Hall–Kier alpha value is -3.72. The van der Waals surface area contributed by atoms with Crippen LogP contribution in [0.2, 0.25) is 0 Å². The number of nitrogens with zero attached hydrogens (tertiary/aromatic N) is 3. The lowest BCUT2D eigenvalue weighted by atomic mass is 10.0. The number of carbonyl (C=O) groups is 1. The highest BCUT2D eigenvalue weighted by Crippen LogP contribution is 2.44. The van der Waals surface area contributed by atoms with Crippen molar-refractivity contribution >= 4 is 77.0 Å². The Morgan fingerprint density at radius 2 is 2.09 bits per heavy atom. The largest absolute Gasteiger partial charge is 0.494 e. The molecule has 11 heteroatoms. The summed E-state index contributed by atoms with van der Waals surface area (Å²) in [5, 5.41) is 15.4. The van der Waals surface area contributed by atoms with Crippen molar-refractivity contribution < 1.29 is 9.53 Å². The number of ether oxygens (including phenoxy) is 1. The molecule has 4 aromatic heterocycles. The summed E-state index contributed by atoms with van der Waals surface area (Å²) in [4.78, 5) is 23.6. The van der Waals surface area contributed by atoms with Crippen LogP contribution in [-0.2, 0) is 0 Å². The summed E-state index contributed by atoms with van der Waals surface area (Å²) in [5.74, 6) is 0.463. The summed E-state index contributed by atoms with van der Waals surface area (Å²) < 4.78 is 6.43. The third-order valence-electron chi connectivity index (χ3n) is 4.88. The average Bonchev–Trinajstić information content (AvgIpc) is 3.52. The minimum atomic E-state index is -0.395. The van der Waals surface area contributed by atoms with Crippen LogP contribution in [0.5, 0.6) is 5.75 Å². The van der Waals surface area contributed by atoms with Crippen molar-refractivity contribution in [2.75, 3.05) is 23.4 Å². The zero-order valence-corrected chi connectivity index (χ0v) is 19.7. The molecule has 1 amide bonds. The van der Waals surface area contributed by atoms with Crippen molar-refractivity contribution in [2.24, 2.45) is 0 Å². The van der Waals surface area contributed by atoms with Crippen LogP contribution in [0.25, 0.3) is 30.9 Å². The number of rotatable bonds is 5. The van der Waals surface area contributed by atoms with Gasteiger partial charge < -0.3 is 16.2 Å². The smallest absolute Gasteiger partial charge is 0.269 e. The van der Waals surface area contributed by atoms with Crippen LogP contribution < -0.4 is 21.5 Å². The Kier molecular flexibility index (Phi) is 5.33. The van der Waals surface area contributed by atoms with Crippen LogP contribution in [0, 0.1) is 11.3 Å². The number of amides is 1. The number of nitrogens with two attached hydrogens (primary N) is 2. The van der Waals surface area contributed by atoms with Crippen molar-refractivity contribution in [1.82, 2.24) is 9.97 Å². The van der Waals surface area contributed by atoms with Gasteiger partial charge in [0.15, 0.2) is 5.13 Å². The number of nitrogens with one attached hydrogen (secondary N) is 1. The second kappa shape index (κ2) is 8.32. The summed E-state index contributed by atoms with van der Waals surface area (Å²) in [5.41, 5.74) is 14.4. The first-order chi connectivity index (χ1) is 16.0. The van der Waals surface area contributed by atoms with E-state index in [4.69, 9.17) is 16.2 Å². The predicted octanol–water partition coefficient (Wildman–Crippen LogP) is 5.32. The van der Waals surface area contributed by atoms with E-state index in [1.54, 1.807) is 0 Å². The maximum atomic E-state index is 13.1. The average molecular weight is 493 g/mol. The van der Waals surface area contributed by atoms with Crippen LogP contribution in [0.15, 0.2) is 35.7 Å². The summed E-state index contributed by atoms with van der Waals surface area (Å²) in [7, 11) is 0. The van der Waals surface area contributed by atoms with Crippen LogP contribution in [0.4, 0.5) is 16.6 Å². The van der Waals surface area contributed by atoms with Gasteiger partial charge in [0.2, 0.25) is 0 Å². The molecule has 0 unspecified atom stereocenters. The van der Waals surface area contributed by atoms with E-state index in [9.17, 15) is 10.1 Å². The Morgan fingerprint density at radius 1 is 1.24 bits per heavy atom. The first-order valence-electron chi connectivity index (χ1n) is 9.80. The molecule has 0 bridgehead atoms. The molecule has 8 nitrogen and oxygen atoms in total. The lowest BCUT2D eigenvalue weighted by molar-refractivity contribution is 0.103. The Balaban J connectivity index is 1.56. The van der Waals surface area contributed by atoms with E-state index in [-0.39, 0.29) is 17.1 Å². The quantitative estimate of drug-likeness (QED) is 0.301. The molecule has 0 fully saturated rings. The summed E-state index contributed by atoms with van der Waals surface area (Å²) >= 11 is 3.94. The van der Waals surface area contributed by atoms with Gasteiger partial charge in [0, 0.05) is 15.8 Å². The van der Waals surface area contributed by atoms with Gasteiger partial charge in [0.05, 0.1) is 22.5 Å². The number of aromatic nitrogens is 2. The number of pyridine rings is 1. The van der Waals surface area contributed by atoms with Gasteiger partial charge in [-0.2, -0.15) is 5.26 Å². The maximum Gasteiger partial charge on any atom is 0.269 e. The number of nitrogen functional groups attached to an aromatic ring is 2. The molecule has 0 saturated heterocycles. The first-order valence-corrected chi connectivity index (χ1v) is 12.3. The molecule has 0 atom stereocenters.